The summed E-state index contributed by atoms with van der Waals surface area (Å²) in [4.78, 5) is 0. The monoisotopic (exact) mass is 269 g/mol. The number of fused-ring (bicyclic) bond motifs is 1. The van der Waals surface area contributed by atoms with Gasteiger partial charge in [0.2, 0.25) is 0 Å². The van der Waals surface area contributed by atoms with Gasteiger partial charge in [-0.25, -0.2) is 0 Å². The van der Waals surface area contributed by atoms with Crippen molar-refractivity contribution in [3.63, 3.8) is 0 Å². The highest BCUT2D eigenvalue weighted by Gasteiger charge is 2.20. The van der Waals surface area contributed by atoms with Crippen LogP contribution in [0, 0.1) is 5.92 Å². The summed E-state index contributed by atoms with van der Waals surface area (Å²) >= 11 is 0. The van der Waals surface area contributed by atoms with Crippen LogP contribution in [0.25, 0.3) is 10.8 Å². The number of methoxy groups -OCH3 is 1. The van der Waals surface area contributed by atoms with Crippen LogP contribution in [0.3, 0.4) is 0 Å². The van der Waals surface area contributed by atoms with Gasteiger partial charge in [0.25, 0.3) is 0 Å². The van der Waals surface area contributed by atoms with E-state index in [4.69, 9.17) is 4.74 Å². The molecule has 0 radical (unpaired) electrons. The maximum atomic E-state index is 5.45. The van der Waals surface area contributed by atoms with Crippen LogP contribution in [-0.4, -0.2) is 13.2 Å². The summed E-state index contributed by atoms with van der Waals surface area (Å²) in [7, 11) is 1.74. The largest absolute Gasteiger partial charge is 0.496 e. The van der Waals surface area contributed by atoms with E-state index in [0.29, 0.717) is 6.04 Å². The third-order valence-corrected chi connectivity index (χ3v) is 4.47. The average Bonchev–Trinajstić information content (AvgIpc) is 2.90. The first-order valence-electron chi connectivity index (χ1n) is 7.56. The zero-order valence-electron chi connectivity index (χ0n) is 12.4. The van der Waals surface area contributed by atoms with Crippen LogP contribution in [-0.2, 0) is 6.54 Å². The van der Waals surface area contributed by atoms with E-state index in [-0.39, 0.29) is 0 Å². The van der Waals surface area contributed by atoms with Gasteiger partial charge in [0.1, 0.15) is 5.75 Å². The molecule has 106 valence electrons. The van der Waals surface area contributed by atoms with Crippen LogP contribution in [0.2, 0.25) is 0 Å². The molecule has 0 bridgehead atoms. The zero-order valence-corrected chi connectivity index (χ0v) is 12.4. The first kappa shape index (κ1) is 13.4. The van der Waals surface area contributed by atoms with Gasteiger partial charge < -0.3 is 10.1 Å². The maximum Gasteiger partial charge on any atom is 0.126 e. The minimum Gasteiger partial charge on any atom is -0.496 e. The summed E-state index contributed by atoms with van der Waals surface area (Å²) in [5.74, 6) is 1.83. The molecule has 2 unspecified atom stereocenters. The summed E-state index contributed by atoms with van der Waals surface area (Å²) in [6.07, 6.45) is 3.99. The molecule has 2 atom stereocenters. The smallest absolute Gasteiger partial charge is 0.126 e. The van der Waals surface area contributed by atoms with Gasteiger partial charge in [-0.05, 0) is 42.2 Å². The van der Waals surface area contributed by atoms with Crippen LogP contribution in [0.4, 0.5) is 0 Å². The molecule has 0 aromatic heterocycles. The number of hydrogen-bond acceptors (Lipinski definition) is 2. The lowest BCUT2D eigenvalue weighted by Crippen LogP contribution is -2.25. The Morgan fingerprint density at radius 2 is 1.90 bits per heavy atom. The molecule has 3 rings (SSSR count). The molecule has 0 amide bonds. The van der Waals surface area contributed by atoms with E-state index < -0.39 is 0 Å². The van der Waals surface area contributed by atoms with E-state index >= 15 is 0 Å². The molecule has 0 aliphatic heterocycles. The van der Waals surface area contributed by atoms with Gasteiger partial charge in [0.15, 0.2) is 0 Å². The average molecular weight is 269 g/mol. The fourth-order valence-corrected chi connectivity index (χ4v) is 3.31. The number of nitrogens with one attached hydrogen (secondary N) is 1. The SMILES string of the molecule is COc1ccc(CNC2CCC(C)C2)c2ccccc12. The van der Waals surface area contributed by atoms with Crippen molar-refractivity contribution < 1.29 is 4.74 Å². The van der Waals surface area contributed by atoms with Crippen molar-refractivity contribution in [2.24, 2.45) is 5.92 Å². The molecule has 0 heterocycles. The van der Waals surface area contributed by atoms with Crippen molar-refractivity contribution >= 4 is 10.8 Å². The fourth-order valence-electron chi connectivity index (χ4n) is 3.31. The third-order valence-electron chi connectivity index (χ3n) is 4.47. The van der Waals surface area contributed by atoms with Gasteiger partial charge in [-0.2, -0.15) is 0 Å². The standard InChI is InChI=1S/C18H23NO/c1-13-7-9-15(11-13)19-12-14-8-10-18(20-2)17-6-4-3-5-16(14)17/h3-6,8,10,13,15,19H,7,9,11-12H2,1-2H3. The van der Waals surface area contributed by atoms with E-state index in [1.165, 1.54) is 35.6 Å². The predicted molar refractivity (Wildman–Crippen MR) is 84.1 cm³/mol. The molecule has 1 N–H and O–H groups in total. The molecule has 0 spiro atoms. The van der Waals surface area contributed by atoms with E-state index in [9.17, 15) is 0 Å². The van der Waals surface area contributed by atoms with Crippen LogP contribution >= 0.6 is 0 Å². The van der Waals surface area contributed by atoms with Crippen LogP contribution in [0.15, 0.2) is 36.4 Å². The van der Waals surface area contributed by atoms with Crippen molar-refractivity contribution in [2.75, 3.05) is 7.11 Å². The molecular formula is C18H23NO. The fraction of sp³-hybridized carbons (Fsp3) is 0.444. The highest BCUT2D eigenvalue weighted by molar-refractivity contribution is 5.91. The first-order chi connectivity index (χ1) is 9.78. The maximum absolute atomic E-state index is 5.45. The number of rotatable bonds is 4. The second-order valence-corrected chi connectivity index (χ2v) is 5.97. The summed E-state index contributed by atoms with van der Waals surface area (Å²) in [5.41, 5.74) is 1.36. The van der Waals surface area contributed by atoms with Gasteiger partial charge >= 0.3 is 0 Å². The summed E-state index contributed by atoms with van der Waals surface area (Å²) in [5, 5.41) is 6.22. The van der Waals surface area contributed by atoms with Gasteiger partial charge in [-0.1, -0.05) is 37.3 Å². The highest BCUT2D eigenvalue weighted by atomic mass is 16.5. The molecule has 0 saturated heterocycles. The lowest BCUT2D eigenvalue weighted by Gasteiger charge is -2.15. The Labute approximate surface area is 121 Å². The Balaban J connectivity index is 1.81. The summed E-state index contributed by atoms with van der Waals surface area (Å²) in [6, 6.07) is 13.4. The Bertz CT molecular complexity index is 593. The quantitative estimate of drug-likeness (QED) is 0.901. The van der Waals surface area contributed by atoms with Crippen molar-refractivity contribution in [1.29, 1.82) is 0 Å². The molecule has 2 nitrogen and oxygen atoms in total. The van der Waals surface area contributed by atoms with E-state index in [1.54, 1.807) is 7.11 Å². The molecule has 1 fully saturated rings. The molecule has 2 aromatic carbocycles. The molecule has 1 aliphatic carbocycles. The van der Waals surface area contributed by atoms with E-state index in [2.05, 4.69) is 48.6 Å². The minimum atomic E-state index is 0.686. The summed E-state index contributed by atoms with van der Waals surface area (Å²) < 4.78 is 5.45. The van der Waals surface area contributed by atoms with Crippen LogP contribution in [0.1, 0.15) is 31.7 Å². The van der Waals surface area contributed by atoms with Crippen LogP contribution in [0.5, 0.6) is 5.75 Å². The normalized spacial score (nSPS) is 22.3. The molecule has 2 aromatic rings. The minimum absolute atomic E-state index is 0.686. The van der Waals surface area contributed by atoms with Gasteiger partial charge in [0, 0.05) is 18.0 Å². The van der Waals surface area contributed by atoms with Crippen molar-refractivity contribution in [1.82, 2.24) is 5.32 Å². The number of hydrogen-bond donors (Lipinski definition) is 1. The van der Waals surface area contributed by atoms with Crippen molar-refractivity contribution in [2.45, 2.75) is 38.8 Å². The Morgan fingerprint density at radius 1 is 1.10 bits per heavy atom. The third kappa shape index (κ3) is 2.66. The molecule has 1 saturated carbocycles. The Kier molecular flexibility index (Phi) is 3.93. The van der Waals surface area contributed by atoms with Gasteiger partial charge in [-0.3, -0.25) is 0 Å². The number of ether oxygens (including phenoxy) is 1. The summed E-state index contributed by atoms with van der Waals surface area (Å²) in [6.45, 7) is 3.30. The van der Waals surface area contributed by atoms with Gasteiger partial charge in [-0.15, -0.1) is 0 Å². The second kappa shape index (κ2) is 5.84. The Hall–Kier alpha value is -1.54. The lowest BCUT2D eigenvalue weighted by molar-refractivity contribution is 0.419. The van der Waals surface area contributed by atoms with E-state index in [0.717, 1.165) is 18.2 Å². The highest BCUT2D eigenvalue weighted by Crippen LogP contribution is 2.29. The van der Waals surface area contributed by atoms with Crippen molar-refractivity contribution in [3.05, 3.63) is 42.0 Å². The molecule has 2 heteroatoms. The van der Waals surface area contributed by atoms with Crippen LogP contribution < -0.4 is 10.1 Å². The Morgan fingerprint density at radius 3 is 2.60 bits per heavy atom. The molecule has 20 heavy (non-hydrogen) atoms. The molecule has 1 aliphatic rings. The zero-order chi connectivity index (χ0) is 13.9. The topological polar surface area (TPSA) is 21.3 Å². The van der Waals surface area contributed by atoms with Crippen molar-refractivity contribution in [3.8, 4) is 5.75 Å². The second-order valence-electron chi connectivity index (χ2n) is 5.97. The number of benzene rings is 2. The first-order valence-corrected chi connectivity index (χ1v) is 7.56. The molecular weight excluding hydrogens is 246 g/mol. The predicted octanol–water partition coefficient (Wildman–Crippen LogP) is 4.13. The van der Waals surface area contributed by atoms with Gasteiger partial charge in [0.05, 0.1) is 7.11 Å². The lowest BCUT2D eigenvalue weighted by atomic mass is 10.0. The van der Waals surface area contributed by atoms with E-state index in [1.807, 2.05) is 0 Å².